The summed E-state index contributed by atoms with van der Waals surface area (Å²) in [6, 6.07) is 0. The van der Waals surface area contributed by atoms with Crippen LogP contribution in [0.4, 0.5) is 9.93 Å². The van der Waals surface area contributed by atoms with E-state index in [1.54, 1.807) is 26.2 Å². The quantitative estimate of drug-likeness (QED) is 0.636. The molecule has 2 N–H and O–H groups in total. The summed E-state index contributed by atoms with van der Waals surface area (Å²) in [6.45, 7) is 5.28. The zero-order chi connectivity index (χ0) is 15.2. The highest BCUT2D eigenvalue weighted by atomic mass is 32.1. The van der Waals surface area contributed by atoms with Gasteiger partial charge in [0.1, 0.15) is 5.60 Å². The van der Waals surface area contributed by atoms with Gasteiger partial charge in [-0.3, -0.25) is 5.32 Å². The van der Waals surface area contributed by atoms with Gasteiger partial charge in [-0.05, 0) is 20.8 Å². The summed E-state index contributed by atoms with van der Waals surface area (Å²) in [5.41, 5.74) is -0.0673. The number of hydrogen-bond acceptors (Lipinski definition) is 7. The van der Waals surface area contributed by atoms with Gasteiger partial charge in [-0.25, -0.2) is 14.6 Å². The number of rotatable bonds is 5. The van der Waals surface area contributed by atoms with Crippen LogP contribution in [0, 0.1) is 0 Å². The van der Waals surface area contributed by atoms with Gasteiger partial charge in [0.05, 0.1) is 5.69 Å². The number of thiazole rings is 1. The third-order valence-corrected chi connectivity index (χ3v) is 2.42. The van der Waals surface area contributed by atoms with E-state index in [0.29, 0.717) is 17.0 Å². The van der Waals surface area contributed by atoms with Gasteiger partial charge >= 0.3 is 12.1 Å². The predicted molar refractivity (Wildman–Crippen MR) is 72.9 cm³/mol. The SMILES string of the molecule is CC(C)(C)OC(=O)Nc1nc(CON=CC(=O)O)cs1. The minimum atomic E-state index is -1.20. The van der Waals surface area contributed by atoms with Crippen LogP contribution >= 0.6 is 11.3 Å². The van der Waals surface area contributed by atoms with Gasteiger partial charge in [0.2, 0.25) is 0 Å². The molecule has 0 aliphatic carbocycles. The summed E-state index contributed by atoms with van der Waals surface area (Å²) in [7, 11) is 0. The van der Waals surface area contributed by atoms with Crippen molar-refractivity contribution in [2.45, 2.75) is 33.0 Å². The Kier molecular flexibility index (Phi) is 5.44. The maximum Gasteiger partial charge on any atom is 0.413 e. The molecule has 0 unspecified atom stereocenters. The summed E-state index contributed by atoms with van der Waals surface area (Å²) < 4.78 is 5.07. The van der Waals surface area contributed by atoms with Crippen LogP contribution in [0.25, 0.3) is 0 Å². The van der Waals surface area contributed by atoms with Crippen molar-refractivity contribution < 1.29 is 24.3 Å². The van der Waals surface area contributed by atoms with Gasteiger partial charge in [-0.2, -0.15) is 0 Å². The standard InChI is InChI=1S/C11H15N3O5S/c1-11(2,3)19-10(17)14-9-13-7(6-20-9)5-18-12-4-8(15)16/h4,6H,5H2,1-3H3,(H,15,16)(H,13,14,17). The van der Waals surface area contributed by atoms with Crippen molar-refractivity contribution in [3.8, 4) is 0 Å². The summed E-state index contributed by atoms with van der Waals surface area (Å²) >= 11 is 1.20. The van der Waals surface area contributed by atoms with Crippen LogP contribution in [0.5, 0.6) is 0 Å². The Morgan fingerprint density at radius 2 is 2.25 bits per heavy atom. The Balaban J connectivity index is 2.43. The first-order valence-corrected chi connectivity index (χ1v) is 6.47. The van der Waals surface area contributed by atoms with Gasteiger partial charge in [0, 0.05) is 5.38 Å². The average Bonchev–Trinajstić information content (AvgIpc) is 2.69. The van der Waals surface area contributed by atoms with Crippen LogP contribution in [-0.4, -0.2) is 34.0 Å². The fourth-order valence-electron chi connectivity index (χ4n) is 1.01. The van der Waals surface area contributed by atoms with Gasteiger partial charge in [-0.15, -0.1) is 11.3 Å². The van der Waals surface area contributed by atoms with Crippen LogP contribution < -0.4 is 5.32 Å². The Hall–Kier alpha value is -2.16. The smallest absolute Gasteiger partial charge is 0.413 e. The molecule has 0 saturated carbocycles. The molecule has 20 heavy (non-hydrogen) atoms. The summed E-state index contributed by atoms with van der Waals surface area (Å²) in [4.78, 5) is 30.4. The molecular formula is C11H15N3O5S. The Morgan fingerprint density at radius 3 is 2.85 bits per heavy atom. The van der Waals surface area contributed by atoms with Crippen LogP contribution in [0.1, 0.15) is 26.5 Å². The number of carboxylic acid groups (broad SMARTS) is 1. The number of amides is 1. The van der Waals surface area contributed by atoms with Gasteiger partial charge < -0.3 is 14.7 Å². The van der Waals surface area contributed by atoms with Crippen LogP contribution in [-0.2, 0) is 21.0 Å². The van der Waals surface area contributed by atoms with E-state index in [9.17, 15) is 9.59 Å². The molecular weight excluding hydrogens is 286 g/mol. The van der Waals surface area contributed by atoms with Crippen molar-refractivity contribution in [1.82, 2.24) is 4.98 Å². The molecule has 1 heterocycles. The maximum absolute atomic E-state index is 11.5. The lowest BCUT2D eigenvalue weighted by Gasteiger charge is -2.18. The van der Waals surface area contributed by atoms with E-state index in [4.69, 9.17) is 14.7 Å². The Labute approximate surface area is 119 Å². The first-order chi connectivity index (χ1) is 9.26. The van der Waals surface area contributed by atoms with E-state index >= 15 is 0 Å². The topological polar surface area (TPSA) is 110 Å². The molecule has 9 heteroatoms. The second kappa shape index (κ2) is 6.85. The molecule has 110 valence electrons. The van der Waals surface area contributed by atoms with Gasteiger partial charge in [0.15, 0.2) is 18.0 Å². The molecule has 0 radical (unpaired) electrons. The monoisotopic (exact) mass is 301 g/mol. The second-order valence-corrected chi connectivity index (χ2v) is 5.48. The molecule has 0 aliphatic heterocycles. The molecule has 0 saturated heterocycles. The summed E-state index contributed by atoms with van der Waals surface area (Å²) in [5.74, 6) is -1.20. The molecule has 0 spiro atoms. The lowest BCUT2D eigenvalue weighted by Crippen LogP contribution is -2.27. The Morgan fingerprint density at radius 1 is 1.55 bits per heavy atom. The molecule has 1 aromatic rings. The molecule has 1 aromatic heterocycles. The largest absolute Gasteiger partial charge is 0.477 e. The average molecular weight is 301 g/mol. The lowest BCUT2D eigenvalue weighted by atomic mass is 10.2. The van der Waals surface area contributed by atoms with Crippen molar-refractivity contribution in [3.63, 3.8) is 0 Å². The minimum absolute atomic E-state index is 0.0102. The van der Waals surface area contributed by atoms with Crippen LogP contribution in [0.3, 0.4) is 0 Å². The Bertz CT molecular complexity index is 506. The zero-order valence-electron chi connectivity index (χ0n) is 11.2. The second-order valence-electron chi connectivity index (χ2n) is 4.62. The number of ether oxygens (including phenoxy) is 1. The number of carboxylic acids is 1. The number of aromatic nitrogens is 1. The number of carbonyl (C=O) groups is 2. The summed E-state index contributed by atoms with van der Waals surface area (Å²) in [5, 5.41) is 16.0. The first-order valence-electron chi connectivity index (χ1n) is 5.59. The van der Waals surface area contributed by atoms with E-state index < -0.39 is 17.7 Å². The van der Waals surface area contributed by atoms with Crippen LogP contribution in [0.2, 0.25) is 0 Å². The first kappa shape index (κ1) is 15.9. The molecule has 0 fully saturated rings. The molecule has 0 aromatic carbocycles. The third-order valence-electron chi connectivity index (χ3n) is 1.61. The van der Waals surface area contributed by atoms with Crippen LogP contribution in [0.15, 0.2) is 10.5 Å². The number of nitrogens with one attached hydrogen (secondary N) is 1. The third kappa shape index (κ3) is 6.69. The van der Waals surface area contributed by atoms with Gasteiger partial charge in [-0.1, -0.05) is 5.16 Å². The predicted octanol–water partition coefficient (Wildman–Crippen LogP) is 2.08. The highest BCUT2D eigenvalue weighted by Crippen LogP contribution is 2.17. The highest BCUT2D eigenvalue weighted by Gasteiger charge is 2.17. The normalized spacial score (nSPS) is 11.3. The molecule has 0 aliphatic rings. The number of carbonyl (C=O) groups excluding carboxylic acids is 1. The fourth-order valence-corrected chi connectivity index (χ4v) is 1.69. The van der Waals surface area contributed by atoms with Crippen molar-refractivity contribution in [1.29, 1.82) is 0 Å². The highest BCUT2D eigenvalue weighted by molar-refractivity contribution is 7.13. The molecule has 0 atom stereocenters. The molecule has 1 rings (SSSR count). The molecule has 8 nitrogen and oxygen atoms in total. The summed E-state index contributed by atoms with van der Waals surface area (Å²) in [6.07, 6.45) is 0.0369. The lowest BCUT2D eigenvalue weighted by molar-refractivity contribution is -0.129. The van der Waals surface area contributed by atoms with E-state index in [-0.39, 0.29) is 6.61 Å². The maximum atomic E-state index is 11.5. The molecule has 0 bridgehead atoms. The van der Waals surface area contributed by atoms with Crippen molar-refractivity contribution in [2.75, 3.05) is 5.32 Å². The number of anilines is 1. The van der Waals surface area contributed by atoms with Gasteiger partial charge in [0.25, 0.3) is 0 Å². The minimum Gasteiger partial charge on any atom is -0.477 e. The van der Waals surface area contributed by atoms with E-state index in [0.717, 1.165) is 0 Å². The fraction of sp³-hybridized carbons (Fsp3) is 0.455. The molecule has 1 amide bonds. The van der Waals surface area contributed by atoms with Crippen molar-refractivity contribution in [2.24, 2.45) is 5.16 Å². The van der Waals surface area contributed by atoms with Crippen molar-refractivity contribution in [3.05, 3.63) is 11.1 Å². The number of hydrogen-bond donors (Lipinski definition) is 2. The zero-order valence-corrected chi connectivity index (χ0v) is 12.1. The number of oxime groups is 1. The number of nitrogens with zero attached hydrogens (tertiary/aromatic N) is 2. The van der Waals surface area contributed by atoms with E-state index in [1.165, 1.54) is 11.3 Å². The van der Waals surface area contributed by atoms with E-state index in [1.807, 2.05) is 0 Å². The van der Waals surface area contributed by atoms with Crippen molar-refractivity contribution >= 4 is 34.7 Å². The van der Waals surface area contributed by atoms with E-state index in [2.05, 4.69) is 15.5 Å². The number of aliphatic carboxylic acids is 1.